The molecule has 0 bridgehead atoms. The summed E-state index contributed by atoms with van der Waals surface area (Å²) in [5, 5.41) is 3.46. The Labute approximate surface area is 119 Å². The van der Waals surface area contributed by atoms with Gasteiger partial charge < -0.3 is 5.32 Å². The lowest BCUT2D eigenvalue weighted by Crippen LogP contribution is -2.57. The molecule has 0 aromatic heterocycles. The molecule has 2 saturated carbocycles. The highest BCUT2D eigenvalue weighted by atomic mass is 19.1. The van der Waals surface area contributed by atoms with E-state index in [1.165, 1.54) is 31.4 Å². The van der Waals surface area contributed by atoms with E-state index in [1.807, 2.05) is 0 Å². The van der Waals surface area contributed by atoms with Gasteiger partial charge in [-0.15, -0.1) is 0 Å². The summed E-state index contributed by atoms with van der Waals surface area (Å²) in [4.78, 5) is 0. The summed E-state index contributed by atoms with van der Waals surface area (Å²) in [5.41, 5.74) is 1.27. The Morgan fingerprint density at radius 2 is 1.75 bits per heavy atom. The number of benzene rings is 1. The Hall–Kier alpha value is -0.960. The normalized spacial score (nSPS) is 22.4. The maximum atomic E-state index is 13.5. The Morgan fingerprint density at radius 3 is 2.25 bits per heavy atom. The van der Waals surface area contributed by atoms with Crippen LogP contribution in [0.3, 0.4) is 0 Å². The molecule has 1 aromatic rings. The van der Waals surface area contributed by atoms with E-state index in [9.17, 15) is 8.78 Å². The van der Waals surface area contributed by atoms with Crippen LogP contribution < -0.4 is 5.32 Å². The van der Waals surface area contributed by atoms with Crippen molar-refractivity contribution in [2.45, 2.75) is 50.9 Å². The molecule has 1 spiro atoms. The van der Waals surface area contributed by atoms with Gasteiger partial charge in [-0.25, -0.2) is 8.78 Å². The van der Waals surface area contributed by atoms with Crippen molar-refractivity contribution in [2.75, 3.05) is 13.1 Å². The third-order valence-electron chi connectivity index (χ3n) is 5.21. The van der Waals surface area contributed by atoms with Gasteiger partial charge in [-0.2, -0.15) is 0 Å². The van der Waals surface area contributed by atoms with Gasteiger partial charge in [0.1, 0.15) is 11.6 Å². The summed E-state index contributed by atoms with van der Waals surface area (Å²) in [6.45, 7) is 3.94. The van der Waals surface area contributed by atoms with Crippen molar-refractivity contribution >= 4 is 0 Å². The fourth-order valence-corrected chi connectivity index (χ4v) is 4.21. The first-order chi connectivity index (χ1) is 9.57. The molecule has 0 radical (unpaired) electrons. The summed E-state index contributed by atoms with van der Waals surface area (Å²) in [5.74, 6) is -0.908. The van der Waals surface area contributed by atoms with E-state index < -0.39 is 11.6 Å². The van der Waals surface area contributed by atoms with Gasteiger partial charge in [0.25, 0.3) is 0 Å². The van der Waals surface area contributed by atoms with Crippen LogP contribution in [0.4, 0.5) is 8.78 Å². The molecule has 20 heavy (non-hydrogen) atoms. The minimum absolute atomic E-state index is 0.0570. The first-order valence-electron chi connectivity index (χ1n) is 7.75. The number of halogens is 2. The molecule has 110 valence electrons. The van der Waals surface area contributed by atoms with E-state index in [1.54, 1.807) is 0 Å². The van der Waals surface area contributed by atoms with Gasteiger partial charge in [0.15, 0.2) is 0 Å². The second-order valence-electron chi connectivity index (χ2n) is 6.82. The van der Waals surface area contributed by atoms with Gasteiger partial charge >= 0.3 is 0 Å². The van der Waals surface area contributed by atoms with Gasteiger partial charge in [0.05, 0.1) is 0 Å². The van der Waals surface area contributed by atoms with Gasteiger partial charge in [-0.1, -0.05) is 13.3 Å². The van der Waals surface area contributed by atoms with E-state index in [0.717, 1.165) is 44.0 Å². The van der Waals surface area contributed by atoms with Gasteiger partial charge in [-0.05, 0) is 61.8 Å². The SMILES string of the molecule is CCCNCC1(c2cc(F)cc(F)c2)CC2(CCC2)C1. The zero-order chi connectivity index (χ0) is 14.2. The molecule has 0 saturated heterocycles. The van der Waals surface area contributed by atoms with E-state index in [-0.39, 0.29) is 5.41 Å². The summed E-state index contributed by atoms with van der Waals surface area (Å²) >= 11 is 0. The zero-order valence-electron chi connectivity index (χ0n) is 12.1. The Kier molecular flexibility index (Phi) is 3.57. The number of hydrogen-bond acceptors (Lipinski definition) is 1. The highest BCUT2D eigenvalue weighted by molar-refractivity contribution is 5.33. The highest BCUT2D eigenvalue weighted by Gasteiger charge is 2.57. The standard InChI is InChI=1S/C17H23F2N/c1-2-6-20-12-17(10-16(11-17)4-3-5-16)13-7-14(18)9-15(19)8-13/h7-9,20H,2-6,10-12H2,1H3. The molecule has 0 heterocycles. The van der Waals surface area contributed by atoms with E-state index in [4.69, 9.17) is 0 Å². The predicted molar refractivity (Wildman–Crippen MR) is 76.7 cm³/mol. The van der Waals surface area contributed by atoms with Crippen LogP contribution in [0, 0.1) is 17.0 Å². The first-order valence-corrected chi connectivity index (χ1v) is 7.75. The average Bonchev–Trinajstić information content (AvgIpc) is 2.28. The quantitative estimate of drug-likeness (QED) is 0.798. The second kappa shape index (κ2) is 5.10. The smallest absolute Gasteiger partial charge is 0.126 e. The van der Waals surface area contributed by atoms with Crippen LogP contribution in [0.2, 0.25) is 0 Å². The molecule has 1 N–H and O–H groups in total. The second-order valence-corrected chi connectivity index (χ2v) is 6.82. The van der Waals surface area contributed by atoms with Crippen molar-refractivity contribution in [3.8, 4) is 0 Å². The van der Waals surface area contributed by atoms with Crippen LogP contribution >= 0.6 is 0 Å². The summed E-state index contributed by atoms with van der Waals surface area (Å²) in [6.07, 6.45) is 7.15. The monoisotopic (exact) mass is 279 g/mol. The van der Waals surface area contributed by atoms with Crippen molar-refractivity contribution in [1.29, 1.82) is 0 Å². The van der Waals surface area contributed by atoms with Gasteiger partial charge in [0, 0.05) is 18.0 Å². The molecule has 0 unspecified atom stereocenters. The predicted octanol–water partition coefficient (Wildman–Crippen LogP) is 4.17. The molecule has 0 amide bonds. The van der Waals surface area contributed by atoms with Crippen LogP contribution in [0.25, 0.3) is 0 Å². The van der Waals surface area contributed by atoms with Crippen molar-refractivity contribution in [2.24, 2.45) is 5.41 Å². The number of rotatable bonds is 5. The fraction of sp³-hybridized carbons (Fsp3) is 0.647. The highest BCUT2D eigenvalue weighted by Crippen LogP contribution is 2.64. The van der Waals surface area contributed by atoms with Crippen molar-refractivity contribution < 1.29 is 8.78 Å². The molecule has 1 aromatic carbocycles. The Morgan fingerprint density at radius 1 is 1.10 bits per heavy atom. The lowest BCUT2D eigenvalue weighted by molar-refractivity contribution is -0.0484. The van der Waals surface area contributed by atoms with Crippen molar-refractivity contribution in [3.63, 3.8) is 0 Å². The molecule has 1 nitrogen and oxygen atoms in total. The molecule has 2 aliphatic rings. The largest absolute Gasteiger partial charge is 0.316 e. The topological polar surface area (TPSA) is 12.0 Å². The molecular weight excluding hydrogens is 256 g/mol. The summed E-state index contributed by atoms with van der Waals surface area (Å²) in [6, 6.07) is 4.03. The van der Waals surface area contributed by atoms with Crippen molar-refractivity contribution in [1.82, 2.24) is 5.32 Å². The minimum atomic E-state index is -0.454. The van der Waals surface area contributed by atoms with Crippen LogP contribution in [0.5, 0.6) is 0 Å². The van der Waals surface area contributed by atoms with Gasteiger partial charge in [0.2, 0.25) is 0 Å². The van der Waals surface area contributed by atoms with Crippen molar-refractivity contribution in [3.05, 3.63) is 35.4 Å². The van der Waals surface area contributed by atoms with Crippen LogP contribution in [0.1, 0.15) is 51.0 Å². The molecule has 3 rings (SSSR count). The molecule has 2 aliphatic carbocycles. The minimum Gasteiger partial charge on any atom is -0.316 e. The Bertz CT molecular complexity index is 466. The van der Waals surface area contributed by atoms with Crippen LogP contribution in [-0.4, -0.2) is 13.1 Å². The lowest BCUT2D eigenvalue weighted by Gasteiger charge is -2.61. The molecule has 2 fully saturated rings. The van der Waals surface area contributed by atoms with E-state index in [0.29, 0.717) is 5.41 Å². The van der Waals surface area contributed by atoms with Crippen LogP contribution in [-0.2, 0) is 5.41 Å². The molecular formula is C17H23F2N. The third kappa shape index (κ3) is 2.37. The average molecular weight is 279 g/mol. The fourth-order valence-electron chi connectivity index (χ4n) is 4.21. The zero-order valence-corrected chi connectivity index (χ0v) is 12.1. The lowest BCUT2D eigenvalue weighted by atomic mass is 9.43. The van der Waals surface area contributed by atoms with E-state index >= 15 is 0 Å². The van der Waals surface area contributed by atoms with Crippen LogP contribution in [0.15, 0.2) is 18.2 Å². The maximum absolute atomic E-state index is 13.5. The maximum Gasteiger partial charge on any atom is 0.126 e. The summed E-state index contributed by atoms with van der Waals surface area (Å²) in [7, 11) is 0. The Balaban J connectivity index is 1.81. The first kappa shape index (κ1) is 14.0. The number of nitrogens with one attached hydrogen (secondary N) is 1. The number of hydrogen-bond donors (Lipinski definition) is 1. The molecule has 3 heteroatoms. The van der Waals surface area contributed by atoms with Gasteiger partial charge in [-0.3, -0.25) is 0 Å². The molecule has 0 aliphatic heterocycles. The van der Waals surface area contributed by atoms with E-state index in [2.05, 4.69) is 12.2 Å². The molecule has 0 atom stereocenters. The third-order valence-corrected chi connectivity index (χ3v) is 5.21. The summed E-state index contributed by atoms with van der Waals surface area (Å²) < 4.78 is 27.1.